The van der Waals surface area contributed by atoms with Gasteiger partial charge in [-0.1, -0.05) is 31.0 Å². The number of hydrogen-bond donors (Lipinski definition) is 2. The van der Waals surface area contributed by atoms with E-state index in [1.54, 1.807) is 12.1 Å². The number of aromatic nitrogens is 2. The molecule has 114 valence electrons. The van der Waals surface area contributed by atoms with E-state index in [0.717, 1.165) is 11.8 Å². The number of nitrogens with one attached hydrogen (secondary N) is 2. The summed E-state index contributed by atoms with van der Waals surface area (Å²) < 4.78 is 1.24. The number of nitrogens with zero attached hydrogens (tertiary/aromatic N) is 2. The third kappa shape index (κ3) is 3.44. The highest BCUT2D eigenvalue weighted by molar-refractivity contribution is 5.84. The van der Waals surface area contributed by atoms with Gasteiger partial charge in [-0.25, -0.2) is 9.48 Å². The van der Waals surface area contributed by atoms with Gasteiger partial charge in [0, 0.05) is 11.9 Å². The van der Waals surface area contributed by atoms with Gasteiger partial charge >= 0.3 is 6.03 Å². The fourth-order valence-electron chi connectivity index (χ4n) is 2.09. The van der Waals surface area contributed by atoms with Crippen LogP contribution in [0.5, 0.6) is 0 Å². The van der Waals surface area contributed by atoms with E-state index in [9.17, 15) is 9.59 Å². The Hall–Kier alpha value is -2.81. The van der Waals surface area contributed by atoms with E-state index in [4.69, 9.17) is 6.42 Å². The van der Waals surface area contributed by atoms with Crippen molar-refractivity contribution in [2.45, 2.75) is 26.4 Å². The Labute approximate surface area is 128 Å². The Bertz CT molecular complexity index is 774. The molecule has 1 aromatic carbocycles. The third-order valence-corrected chi connectivity index (χ3v) is 3.14. The van der Waals surface area contributed by atoms with E-state index in [-0.39, 0.29) is 24.7 Å². The summed E-state index contributed by atoms with van der Waals surface area (Å²) in [6.45, 7) is 2.90. The Morgan fingerprint density at radius 3 is 2.73 bits per heavy atom. The van der Waals surface area contributed by atoms with Crippen molar-refractivity contribution in [2.75, 3.05) is 6.54 Å². The molecule has 1 aromatic heterocycles. The van der Waals surface area contributed by atoms with Crippen LogP contribution in [0.3, 0.4) is 0 Å². The molecule has 22 heavy (non-hydrogen) atoms. The lowest BCUT2D eigenvalue weighted by molar-refractivity contribution is 0.240. The molecule has 0 aliphatic carbocycles. The smallest absolute Gasteiger partial charge is 0.315 e. The number of rotatable bonds is 5. The quantitative estimate of drug-likeness (QED) is 0.815. The van der Waals surface area contributed by atoms with Crippen molar-refractivity contribution < 1.29 is 4.79 Å². The second-order valence-electron chi connectivity index (χ2n) is 4.77. The van der Waals surface area contributed by atoms with Crippen molar-refractivity contribution in [1.82, 2.24) is 20.4 Å². The number of amides is 2. The Balaban J connectivity index is 2.32. The minimum absolute atomic E-state index is 0.0959. The molecular weight excluding hydrogens is 280 g/mol. The molecule has 2 rings (SSSR count). The Morgan fingerprint density at radius 1 is 1.32 bits per heavy atom. The largest absolute Gasteiger partial charge is 0.338 e. The van der Waals surface area contributed by atoms with Gasteiger partial charge in [0.25, 0.3) is 5.56 Å². The fraction of sp³-hybridized carbons (Fsp3) is 0.312. The first kappa shape index (κ1) is 15.6. The number of urea groups is 1. The molecule has 0 bridgehead atoms. The standard InChI is InChI=1S/C16H18N4O2/c1-3-9-17-16(22)18-11-14-12-7-5-6-8-13(12)15(21)20(19-14)10-4-2/h2,5-8H,3,9-11H2,1H3,(H2,17,18,22). The molecule has 1 heterocycles. The van der Waals surface area contributed by atoms with E-state index in [1.165, 1.54) is 4.68 Å². The lowest BCUT2D eigenvalue weighted by atomic mass is 10.1. The molecule has 0 saturated carbocycles. The second-order valence-corrected chi connectivity index (χ2v) is 4.77. The van der Waals surface area contributed by atoms with Gasteiger partial charge in [0.05, 0.1) is 17.6 Å². The summed E-state index contributed by atoms with van der Waals surface area (Å²) in [6.07, 6.45) is 6.13. The molecule has 0 radical (unpaired) electrons. The van der Waals surface area contributed by atoms with Crippen molar-refractivity contribution in [1.29, 1.82) is 0 Å². The van der Waals surface area contributed by atoms with E-state index in [1.807, 2.05) is 19.1 Å². The molecule has 0 saturated heterocycles. The van der Waals surface area contributed by atoms with Crippen LogP contribution >= 0.6 is 0 Å². The predicted molar refractivity (Wildman–Crippen MR) is 85.4 cm³/mol. The Morgan fingerprint density at radius 2 is 2.05 bits per heavy atom. The van der Waals surface area contributed by atoms with Gasteiger partial charge in [0.1, 0.15) is 6.54 Å². The molecule has 0 spiro atoms. The van der Waals surface area contributed by atoms with Crippen LogP contribution in [-0.4, -0.2) is 22.4 Å². The van der Waals surface area contributed by atoms with Gasteiger partial charge in [-0.2, -0.15) is 5.10 Å². The number of benzene rings is 1. The minimum Gasteiger partial charge on any atom is -0.338 e. The molecule has 0 aliphatic rings. The van der Waals surface area contributed by atoms with Crippen molar-refractivity contribution in [3.8, 4) is 12.3 Å². The maximum atomic E-state index is 12.3. The first-order valence-corrected chi connectivity index (χ1v) is 7.11. The predicted octanol–water partition coefficient (Wildman–Crippen LogP) is 1.24. The summed E-state index contributed by atoms with van der Waals surface area (Å²) in [7, 11) is 0. The summed E-state index contributed by atoms with van der Waals surface area (Å²) in [5.74, 6) is 2.41. The van der Waals surface area contributed by atoms with Crippen LogP contribution < -0.4 is 16.2 Å². The Kier molecular flexibility index (Phi) is 5.15. The number of terminal acetylenes is 1. The van der Waals surface area contributed by atoms with Gasteiger partial charge in [0.2, 0.25) is 0 Å². The van der Waals surface area contributed by atoms with Crippen LogP contribution in [0, 0.1) is 12.3 Å². The van der Waals surface area contributed by atoms with E-state index >= 15 is 0 Å². The second kappa shape index (κ2) is 7.27. The maximum Gasteiger partial charge on any atom is 0.315 e. The molecule has 0 unspecified atom stereocenters. The van der Waals surface area contributed by atoms with Crippen LogP contribution in [0.1, 0.15) is 19.0 Å². The van der Waals surface area contributed by atoms with Crippen molar-refractivity contribution >= 4 is 16.8 Å². The molecule has 2 amide bonds. The molecule has 0 fully saturated rings. The summed E-state index contributed by atoms with van der Waals surface area (Å²) >= 11 is 0. The topological polar surface area (TPSA) is 76.0 Å². The number of hydrogen-bond acceptors (Lipinski definition) is 3. The van der Waals surface area contributed by atoms with Crippen molar-refractivity contribution in [2.24, 2.45) is 0 Å². The van der Waals surface area contributed by atoms with Gasteiger partial charge in [-0.05, 0) is 12.5 Å². The number of carbonyl (C=O) groups is 1. The average Bonchev–Trinajstić information content (AvgIpc) is 2.54. The molecule has 6 nitrogen and oxygen atoms in total. The van der Waals surface area contributed by atoms with Crippen LogP contribution in [0.15, 0.2) is 29.1 Å². The normalized spacial score (nSPS) is 10.2. The first-order valence-electron chi connectivity index (χ1n) is 7.11. The summed E-state index contributed by atoms with van der Waals surface area (Å²) in [4.78, 5) is 23.9. The highest BCUT2D eigenvalue weighted by Crippen LogP contribution is 2.12. The molecule has 6 heteroatoms. The average molecular weight is 298 g/mol. The van der Waals surface area contributed by atoms with Gasteiger partial charge in [-0.3, -0.25) is 4.79 Å². The highest BCUT2D eigenvalue weighted by Gasteiger charge is 2.10. The lowest BCUT2D eigenvalue weighted by Gasteiger charge is -2.10. The van der Waals surface area contributed by atoms with Crippen LogP contribution in [0.4, 0.5) is 4.79 Å². The SMILES string of the molecule is C#CCn1nc(CNC(=O)NCCC)c2ccccc2c1=O. The number of fused-ring (bicyclic) bond motifs is 1. The van der Waals surface area contributed by atoms with E-state index in [0.29, 0.717) is 17.6 Å². The highest BCUT2D eigenvalue weighted by atomic mass is 16.2. The molecular formula is C16H18N4O2. The van der Waals surface area contributed by atoms with E-state index in [2.05, 4.69) is 21.7 Å². The third-order valence-electron chi connectivity index (χ3n) is 3.14. The van der Waals surface area contributed by atoms with Crippen molar-refractivity contribution in [3.63, 3.8) is 0 Å². The zero-order valence-corrected chi connectivity index (χ0v) is 12.4. The van der Waals surface area contributed by atoms with Crippen LogP contribution in [-0.2, 0) is 13.1 Å². The van der Waals surface area contributed by atoms with Crippen LogP contribution in [0.2, 0.25) is 0 Å². The molecule has 2 aromatic rings. The lowest BCUT2D eigenvalue weighted by Crippen LogP contribution is -2.36. The molecule has 0 aliphatic heterocycles. The summed E-state index contributed by atoms with van der Waals surface area (Å²) in [5.41, 5.74) is 0.379. The summed E-state index contributed by atoms with van der Waals surface area (Å²) in [6, 6.07) is 6.89. The monoisotopic (exact) mass is 298 g/mol. The zero-order chi connectivity index (χ0) is 15.9. The van der Waals surface area contributed by atoms with Crippen LogP contribution in [0.25, 0.3) is 10.8 Å². The number of carbonyl (C=O) groups excluding carboxylic acids is 1. The summed E-state index contributed by atoms with van der Waals surface area (Å²) in [5, 5.41) is 11.0. The van der Waals surface area contributed by atoms with Crippen molar-refractivity contribution in [3.05, 3.63) is 40.3 Å². The first-order chi connectivity index (χ1) is 10.7. The zero-order valence-electron chi connectivity index (χ0n) is 12.4. The maximum absolute atomic E-state index is 12.3. The van der Waals surface area contributed by atoms with Gasteiger partial charge in [-0.15, -0.1) is 6.42 Å². The van der Waals surface area contributed by atoms with E-state index < -0.39 is 0 Å². The minimum atomic E-state index is -0.262. The fourth-order valence-corrected chi connectivity index (χ4v) is 2.09. The molecule has 2 N–H and O–H groups in total. The van der Waals surface area contributed by atoms with Gasteiger partial charge < -0.3 is 10.6 Å². The molecule has 0 atom stereocenters. The van der Waals surface area contributed by atoms with Gasteiger partial charge in [0.15, 0.2) is 0 Å².